The summed E-state index contributed by atoms with van der Waals surface area (Å²) in [5.41, 5.74) is 5.61. The van der Waals surface area contributed by atoms with Crippen LogP contribution < -0.4 is 11.1 Å². The van der Waals surface area contributed by atoms with Crippen LogP contribution in [-0.2, 0) is 0 Å². The van der Waals surface area contributed by atoms with Crippen LogP contribution >= 0.6 is 0 Å². The lowest BCUT2D eigenvalue weighted by molar-refractivity contribution is 0.1000. The summed E-state index contributed by atoms with van der Waals surface area (Å²) in [4.78, 5) is 15.0. The highest BCUT2D eigenvalue weighted by Crippen LogP contribution is 2.28. The molecule has 1 amide bonds. The fourth-order valence-corrected chi connectivity index (χ4v) is 2.55. The zero-order valence-corrected chi connectivity index (χ0v) is 10.7. The van der Waals surface area contributed by atoms with E-state index in [1.165, 1.54) is 44.7 Å². The van der Waals surface area contributed by atoms with Crippen molar-refractivity contribution in [2.75, 3.05) is 11.9 Å². The molecule has 1 aliphatic carbocycles. The number of pyridine rings is 1. The molecule has 4 nitrogen and oxygen atoms in total. The smallest absolute Gasteiger partial charge is 0.250 e. The van der Waals surface area contributed by atoms with Crippen LogP contribution in [0.15, 0.2) is 18.3 Å². The van der Waals surface area contributed by atoms with E-state index in [2.05, 4.69) is 10.3 Å². The van der Waals surface area contributed by atoms with Crippen LogP contribution in [0.3, 0.4) is 0 Å². The predicted molar refractivity (Wildman–Crippen MR) is 72.4 cm³/mol. The molecule has 0 saturated heterocycles. The second kappa shape index (κ2) is 6.38. The summed E-state index contributed by atoms with van der Waals surface area (Å²) < 4.78 is 0. The summed E-state index contributed by atoms with van der Waals surface area (Å²) >= 11 is 0. The predicted octanol–water partition coefficient (Wildman–Crippen LogP) is 2.56. The molecule has 0 unspecified atom stereocenters. The van der Waals surface area contributed by atoms with Crippen molar-refractivity contribution in [1.29, 1.82) is 0 Å². The molecular weight excluding hydrogens is 226 g/mol. The Hall–Kier alpha value is -1.58. The maximum Gasteiger partial charge on any atom is 0.250 e. The minimum atomic E-state index is -0.435. The number of aromatic nitrogens is 1. The Kier molecular flexibility index (Phi) is 4.56. The van der Waals surface area contributed by atoms with Gasteiger partial charge in [-0.25, -0.2) is 4.98 Å². The van der Waals surface area contributed by atoms with Crippen LogP contribution in [0.25, 0.3) is 0 Å². The van der Waals surface area contributed by atoms with E-state index in [-0.39, 0.29) is 0 Å². The molecule has 1 fully saturated rings. The van der Waals surface area contributed by atoms with Crippen molar-refractivity contribution >= 4 is 11.7 Å². The molecular formula is C14H21N3O. The lowest BCUT2D eigenvalue weighted by Crippen LogP contribution is -2.12. The average molecular weight is 247 g/mol. The zero-order valence-electron chi connectivity index (χ0n) is 10.7. The van der Waals surface area contributed by atoms with Crippen molar-refractivity contribution in [3.05, 3.63) is 23.9 Å². The average Bonchev–Trinajstić information content (AvgIpc) is 2.88. The maximum absolute atomic E-state index is 10.9. The first-order chi connectivity index (χ1) is 8.75. The van der Waals surface area contributed by atoms with Gasteiger partial charge in [0, 0.05) is 12.7 Å². The summed E-state index contributed by atoms with van der Waals surface area (Å²) in [6.07, 6.45) is 9.65. The zero-order chi connectivity index (χ0) is 12.8. The van der Waals surface area contributed by atoms with Crippen molar-refractivity contribution in [2.24, 2.45) is 11.7 Å². The number of nitrogens with zero attached hydrogens (tertiary/aromatic N) is 1. The highest BCUT2D eigenvalue weighted by atomic mass is 16.1. The van der Waals surface area contributed by atoms with Gasteiger partial charge in [-0.3, -0.25) is 4.79 Å². The molecule has 0 bridgehead atoms. The van der Waals surface area contributed by atoms with Crippen molar-refractivity contribution in [1.82, 2.24) is 4.98 Å². The molecule has 0 radical (unpaired) electrons. The minimum Gasteiger partial charge on any atom is -0.370 e. The quantitative estimate of drug-likeness (QED) is 0.759. The molecule has 18 heavy (non-hydrogen) atoms. The van der Waals surface area contributed by atoms with Gasteiger partial charge in [0.2, 0.25) is 5.91 Å². The molecule has 0 aromatic carbocycles. The molecule has 2 rings (SSSR count). The van der Waals surface area contributed by atoms with Crippen molar-refractivity contribution < 1.29 is 4.79 Å². The molecule has 0 aliphatic heterocycles. The fourth-order valence-electron chi connectivity index (χ4n) is 2.55. The molecule has 3 N–H and O–H groups in total. The van der Waals surface area contributed by atoms with Crippen LogP contribution in [0, 0.1) is 5.92 Å². The number of primary amides is 1. The van der Waals surface area contributed by atoms with Gasteiger partial charge in [-0.2, -0.15) is 0 Å². The van der Waals surface area contributed by atoms with Crippen molar-refractivity contribution in [3.63, 3.8) is 0 Å². The molecule has 1 aromatic heterocycles. The number of carbonyl (C=O) groups excluding carboxylic acids is 1. The number of rotatable bonds is 6. The Bertz CT molecular complexity index is 383. The van der Waals surface area contributed by atoms with Gasteiger partial charge in [-0.15, -0.1) is 0 Å². The Balaban J connectivity index is 1.68. The van der Waals surface area contributed by atoms with Gasteiger partial charge >= 0.3 is 0 Å². The third kappa shape index (κ3) is 3.72. The Labute approximate surface area is 108 Å². The first kappa shape index (κ1) is 12.9. The number of hydrogen-bond donors (Lipinski definition) is 2. The summed E-state index contributed by atoms with van der Waals surface area (Å²) in [6.45, 7) is 0.944. The Morgan fingerprint density at radius 3 is 2.78 bits per heavy atom. The number of carbonyl (C=O) groups is 1. The van der Waals surface area contributed by atoms with E-state index in [1.54, 1.807) is 12.1 Å². The third-order valence-corrected chi connectivity index (χ3v) is 3.62. The van der Waals surface area contributed by atoms with Gasteiger partial charge in [0.1, 0.15) is 5.82 Å². The first-order valence-electron chi connectivity index (χ1n) is 6.75. The van der Waals surface area contributed by atoms with Crippen LogP contribution in [-0.4, -0.2) is 17.4 Å². The molecule has 0 spiro atoms. The lowest BCUT2D eigenvalue weighted by atomic mass is 10.0. The highest BCUT2D eigenvalue weighted by molar-refractivity contribution is 5.92. The summed E-state index contributed by atoms with van der Waals surface area (Å²) in [6, 6.07) is 3.50. The van der Waals surface area contributed by atoms with Gasteiger partial charge in [0.15, 0.2) is 0 Å². The molecule has 4 heteroatoms. The monoisotopic (exact) mass is 247 g/mol. The third-order valence-electron chi connectivity index (χ3n) is 3.62. The van der Waals surface area contributed by atoms with Crippen molar-refractivity contribution in [2.45, 2.75) is 38.5 Å². The van der Waals surface area contributed by atoms with Gasteiger partial charge in [-0.05, 0) is 30.9 Å². The second-order valence-corrected chi connectivity index (χ2v) is 5.02. The van der Waals surface area contributed by atoms with E-state index in [0.717, 1.165) is 18.3 Å². The number of nitrogens with one attached hydrogen (secondary N) is 1. The van der Waals surface area contributed by atoms with E-state index in [0.29, 0.717) is 5.56 Å². The topological polar surface area (TPSA) is 68.0 Å². The Morgan fingerprint density at radius 2 is 2.17 bits per heavy atom. The Morgan fingerprint density at radius 1 is 1.39 bits per heavy atom. The number of anilines is 1. The molecule has 1 aliphatic rings. The van der Waals surface area contributed by atoms with Crippen LogP contribution in [0.1, 0.15) is 48.9 Å². The normalized spacial score (nSPS) is 15.8. The van der Waals surface area contributed by atoms with Crippen molar-refractivity contribution in [3.8, 4) is 0 Å². The summed E-state index contributed by atoms with van der Waals surface area (Å²) in [7, 11) is 0. The van der Waals surface area contributed by atoms with Gasteiger partial charge < -0.3 is 11.1 Å². The van der Waals surface area contributed by atoms with Crippen LogP contribution in [0.2, 0.25) is 0 Å². The number of amides is 1. The maximum atomic E-state index is 10.9. The number of nitrogens with two attached hydrogens (primary N) is 1. The summed E-state index contributed by atoms with van der Waals surface area (Å²) in [5, 5.41) is 3.27. The number of hydrogen-bond acceptors (Lipinski definition) is 3. The van der Waals surface area contributed by atoms with E-state index >= 15 is 0 Å². The van der Waals surface area contributed by atoms with Crippen LogP contribution in [0.5, 0.6) is 0 Å². The van der Waals surface area contributed by atoms with Gasteiger partial charge in [-0.1, -0.05) is 25.7 Å². The minimum absolute atomic E-state index is 0.435. The molecule has 98 valence electrons. The standard InChI is InChI=1S/C14H21N3O/c15-14(18)12-7-8-13(17-10-12)16-9-3-6-11-4-1-2-5-11/h7-8,10-11H,1-6,9H2,(H2,15,18)(H,16,17). The molecule has 1 heterocycles. The van der Waals surface area contributed by atoms with Gasteiger partial charge in [0.05, 0.1) is 5.56 Å². The van der Waals surface area contributed by atoms with E-state index < -0.39 is 5.91 Å². The molecule has 1 aromatic rings. The second-order valence-electron chi connectivity index (χ2n) is 5.02. The highest BCUT2D eigenvalue weighted by Gasteiger charge is 2.13. The SMILES string of the molecule is NC(=O)c1ccc(NCCCC2CCCC2)nc1. The largest absolute Gasteiger partial charge is 0.370 e. The molecule has 1 saturated carbocycles. The van der Waals surface area contributed by atoms with E-state index in [4.69, 9.17) is 5.73 Å². The fraction of sp³-hybridized carbons (Fsp3) is 0.571. The van der Waals surface area contributed by atoms with Crippen LogP contribution in [0.4, 0.5) is 5.82 Å². The molecule has 0 atom stereocenters. The lowest BCUT2D eigenvalue weighted by Gasteiger charge is -2.09. The van der Waals surface area contributed by atoms with E-state index in [9.17, 15) is 4.79 Å². The van der Waals surface area contributed by atoms with Gasteiger partial charge in [0.25, 0.3) is 0 Å². The first-order valence-corrected chi connectivity index (χ1v) is 6.75. The van der Waals surface area contributed by atoms with E-state index in [1.807, 2.05) is 0 Å². The summed E-state index contributed by atoms with van der Waals surface area (Å²) in [5.74, 6) is 1.32.